The fraction of sp³-hybridized carbons (Fsp3) is 0.364. The van der Waals surface area contributed by atoms with Crippen LogP contribution in [0.3, 0.4) is 0 Å². The minimum absolute atomic E-state index is 0.0145. The lowest BCUT2D eigenvalue weighted by Crippen LogP contribution is -2.34. The van der Waals surface area contributed by atoms with E-state index in [0.29, 0.717) is 28.4 Å². The molecule has 30 heavy (non-hydrogen) atoms. The highest BCUT2D eigenvalue weighted by Crippen LogP contribution is 2.28. The SMILES string of the molecule is CN(C(=O)OC(C)(C)C)c1ccc(-c2nc3cc(OC[C@H](O)CO)ccc3o2)cc1. The molecule has 0 radical (unpaired) electrons. The number of aliphatic hydroxyl groups excluding tert-OH is 2. The standard InChI is InChI=1S/C22H26N2O6/c1-22(2,3)30-21(27)24(4)15-7-5-14(6-8-15)20-23-18-11-17(9-10-19(18)29-20)28-13-16(26)12-25/h5-11,16,25-26H,12-13H2,1-4H3/t16-/m1/s1. The number of aromatic nitrogens is 1. The molecule has 0 bridgehead atoms. The Balaban J connectivity index is 1.75. The van der Waals surface area contributed by atoms with Gasteiger partial charge in [0.15, 0.2) is 5.58 Å². The van der Waals surface area contributed by atoms with Gasteiger partial charge in [0, 0.05) is 24.4 Å². The van der Waals surface area contributed by atoms with E-state index in [1.807, 2.05) is 32.9 Å². The third-order valence-corrected chi connectivity index (χ3v) is 4.18. The molecule has 0 fully saturated rings. The number of carbonyl (C=O) groups is 1. The van der Waals surface area contributed by atoms with E-state index in [2.05, 4.69) is 4.98 Å². The molecule has 0 aliphatic heterocycles. The molecule has 2 N–H and O–H groups in total. The largest absolute Gasteiger partial charge is 0.491 e. The molecule has 2 aromatic carbocycles. The van der Waals surface area contributed by atoms with Gasteiger partial charge in [0.1, 0.15) is 29.6 Å². The van der Waals surface area contributed by atoms with Gasteiger partial charge in [-0.1, -0.05) is 0 Å². The molecule has 8 nitrogen and oxygen atoms in total. The van der Waals surface area contributed by atoms with Crippen molar-refractivity contribution >= 4 is 22.9 Å². The zero-order valence-corrected chi connectivity index (χ0v) is 17.5. The predicted molar refractivity (Wildman–Crippen MR) is 113 cm³/mol. The van der Waals surface area contributed by atoms with Gasteiger partial charge in [0.2, 0.25) is 5.89 Å². The van der Waals surface area contributed by atoms with Gasteiger partial charge < -0.3 is 24.1 Å². The molecule has 1 amide bonds. The first-order chi connectivity index (χ1) is 14.2. The molecule has 0 aliphatic carbocycles. The first kappa shape index (κ1) is 21.6. The van der Waals surface area contributed by atoms with Gasteiger partial charge in [-0.15, -0.1) is 0 Å². The van der Waals surface area contributed by atoms with E-state index < -0.39 is 17.8 Å². The highest BCUT2D eigenvalue weighted by Gasteiger charge is 2.20. The summed E-state index contributed by atoms with van der Waals surface area (Å²) in [5.41, 5.74) is 2.07. The summed E-state index contributed by atoms with van der Waals surface area (Å²) in [5, 5.41) is 18.3. The van der Waals surface area contributed by atoms with E-state index in [-0.39, 0.29) is 13.2 Å². The fourth-order valence-electron chi connectivity index (χ4n) is 2.63. The van der Waals surface area contributed by atoms with E-state index >= 15 is 0 Å². The molecular weight excluding hydrogens is 388 g/mol. The van der Waals surface area contributed by atoms with Crippen molar-refractivity contribution in [1.82, 2.24) is 4.98 Å². The van der Waals surface area contributed by atoms with Crippen molar-refractivity contribution in [3.8, 4) is 17.2 Å². The van der Waals surface area contributed by atoms with Gasteiger partial charge in [-0.2, -0.15) is 0 Å². The summed E-state index contributed by atoms with van der Waals surface area (Å²) in [6.07, 6.45) is -1.37. The number of anilines is 1. The van der Waals surface area contributed by atoms with Crippen molar-refractivity contribution < 1.29 is 28.9 Å². The van der Waals surface area contributed by atoms with Crippen molar-refractivity contribution in [2.75, 3.05) is 25.2 Å². The number of fused-ring (bicyclic) bond motifs is 1. The fourth-order valence-corrected chi connectivity index (χ4v) is 2.63. The average molecular weight is 414 g/mol. The van der Waals surface area contributed by atoms with Crippen LogP contribution in [0, 0.1) is 0 Å². The smallest absolute Gasteiger partial charge is 0.414 e. The number of benzene rings is 2. The van der Waals surface area contributed by atoms with Gasteiger partial charge in [-0.3, -0.25) is 4.90 Å². The Labute approximate surface area is 174 Å². The van der Waals surface area contributed by atoms with Crippen LogP contribution >= 0.6 is 0 Å². The lowest BCUT2D eigenvalue weighted by atomic mass is 10.2. The van der Waals surface area contributed by atoms with E-state index in [4.69, 9.17) is 19.0 Å². The number of oxazole rings is 1. The monoisotopic (exact) mass is 414 g/mol. The molecule has 0 aliphatic rings. The maximum atomic E-state index is 12.2. The molecule has 1 atom stereocenters. The third-order valence-electron chi connectivity index (χ3n) is 4.18. The number of amides is 1. The Bertz CT molecular complexity index is 1010. The number of rotatable bonds is 6. The highest BCUT2D eigenvalue weighted by atomic mass is 16.6. The summed E-state index contributed by atoms with van der Waals surface area (Å²) in [7, 11) is 1.65. The minimum atomic E-state index is -0.939. The Kier molecular flexibility index (Phi) is 6.28. The lowest BCUT2D eigenvalue weighted by Gasteiger charge is -2.24. The van der Waals surface area contributed by atoms with Crippen molar-refractivity contribution in [3.63, 3.8) is 0 Å². The number of nitrogens with zero attached hydrogens (tertiary/aromatic N) is 2. The van der Waals surface area contributed by atoms with Gasteiger partial charge in [-0.25, -0.2) is 9.78 Å². The molecule has 1 heterocycles. The first-order valence-electron chi connectivity index (χ1n) is 9.56. The quantitative estimate of drug-likeness (QED) is 0.635. The zero-order chi connectivity index (χ0) is 21.9. The summed E-state index contributed by atoms with van der Waals surface area (Å²) in [6, 6.07) is 12.4. The number of aliphatic hydroxyl groups is 2. The van der Waals surface area contributed by atoms with Crippen LogP contribution in [0.1, 0.15) is 20.8 Å². The number of hydrogen-bond acceptors (Lipinski definition) is 7. The van der Waals surface area contributed by atoms with Gasteiger partial charge in [0.05, 0.1) is 6.61 Å². The molecular formula is C22H26N2O6. The highest BCUT2D eigenvalue weighted by molar-refractivity contribution is 5.87. The maximum Gasteiger partial charge on any atom is 0.414 e. The van der Waals surface area contributed by atoms with E-state index in [1.54, 1.807) is 37.4 Å². The first-order valence-corrected chi connectivity index (χ1v) is 9.56. The molecule has 3 rings (SSSR count). The summed E-state index contributed by atoms with van der Waals surface area (Å²) < 4.78 is 16.6. The molecule has 0 unspecified atom stereocenters. The second-order valence-corrected chi connectivity index (χ2v) is 7.88. The normalized spacial score (nSPS) is 12.6. The van der Waals surface area contributed by atoms with Gasteiger partial charge in [0.25, 0.3) is 0 Å². The van der Waals surface area contributed by atoms with Crippen LogP contribution in [0.15, 0.2) is 46.9 Å². The lowest BCUT2D eigenvalue weighted by molar-refractivity contribution is 0.0536. The number of carbonyl (C=O) groups excluding carboxylic acids is 1. The summed E-state index contributed by atoms with van der Waals surface area (Å²) in [5.74, 6) is 0.952. The van der Waals surface area contributed by atoms with Crippen LogP contribution in [-0.4, -0.2) is 53.3 Å². The molecule has 0 saturated heterocycles. The average Bonchev–Trinajstić information content (AvgIpc) is 3.13. The van der Waals surface area contributed by atoms with Crippen LogP contribution in [0.25, 0.3) is 22.6 Å². The predicted octanol–water partition coefficient (Wildman–Crippen LogP) is 3.60. The molecule has 0 saturated carbocycles. The Hall–Kier alpha value is -3.10. The van der Waals surface area contributed by atoms with E-state index in [9.17, 15) is 9.90 Å². The van der Waals surface area contributed by atoms with Crippen LogP contribution in [0.2, 0.25) is 0 Å². The third kappa shape index (κ3) is 5.28. The van der Waals surface area contributed by atoms with Crippen LogP contribution in [0.4, 0.5) is 10.5 Å². The van der Waals surface area contributed by atoms with Crippen LogP contribution in [0.5, 0.6) is 5.75 Å². The Morgan fingerprint density at radius 1 is 1.20 bits per heavy atom. The number of hydrogen-bond donors (Lipinski definition) is 2. The Morgan fingerprint density at radius 2 is 1.90 bits per heavy atom. The molecule has 0 spiro atoms. The second-order valence-electron chi connectivity index (χ2n) is 7.88. The minimum Gasteiger partial charge on any atom is -0.491 e. The molecule has 160 valence electrons. The topological polar surface area (TPSA) is 105 Å². The Morgan fingerprint density at radius 3 is 2.53 bits per heavy atom. The van der Waals surface area contributed by atoms with Gasteiger partial charge in [-0.05, 0) is 57.2 Å². The second kappa shape index (κ2) is 8.73. The van der Waals surface area contributed by atoms with E-state index in [1.165, 1.54) is 4.90 Å². The van der Waals surface area contributed by atoms with E-state index in [0.717, 1.165) is 5.56 Å². The van der Waals surface area contributed by atoms with Gasteiger partial charge >= 0.3 is 6.09 Å². The summed E-state index contributed by atoms with van der Waals surface area (Å²) in [4.78, 5) is 18.1. The van der Waals surface area contributed by atoms with Crippen molar-refractivity contribution in [3.05, 3.63) is 42.5 Å². The molecule has 8 heteroatoms. The molecule has 1 aromatic heterocycles. The number of ether oxygens (including phenoxy) is 2. The van der Waals surface area contributed by atoms with Crippen LogP contribution in [-0.2, 0) is 4.74 Å². The zero-order valence-electron chi connectivity index (χ0n) is 17.5. The maximum absolute atomic E-state index is 12.2. The summed E-state index contributed by atoms with van der Waals surface area (Å²) >= 11 is 0. The van der Waals surface area contributed by atoms with Crippen molar-refractivity contribution in [2.45, 2.75) is 32.5 Å². The molecule has 3 aromatic rings. The van der Waals surface area contributed by atoms with Crippen molar-refractivity contribution in [2.24, 2.45) is 0 Å². The summed E-state index contributed by atoms with van der Waals surface area (Å²) in [6.45, 7) is 5.08. The van der Waals surface area contributed by atoms with Crippen molar-refractivity contribution in [1.29, 1.82) is 0 Å². The van der Waals surface area contributed by atoms with Crippen LogP contribution < -0.4 is 9.64 Å².